The third-order valence-electron chi connectivity index (χ3n) is 4.21. The third kappa shape index (κ3) is 3.01. The summed E-state index contributed by atoms with van der Waals surface area (Å²) in [6.07, 6.45) is 3.36. The fourth-order valence-corrected chi connectivity index (χ4v) is 4.49. The van der Waals surface area contributed by atoms with Crippen molar-refractivity contribution in [1.29, 1.82) is 0 Å². The van der Waals surface area contributed by atoms with Crippen LogP contribution in [-0.4, -0.2) is 54.3 Å². The number of aromatic nitrogens is 2. The Morgan fingerprint density at radius 1 is 1.35 bits per heavy atom. The molecule has 6 nitrogen and oxygen atoms in total. The number of rotatable bonds is 3. The van der Waals surface area contributed by atoms with Crippen LogP contribution in [0.5, 0.6) is 0 Å². The average Bonchev–Trinajstić information content (AvgIpc) is 3.04. The van der Waals surface area contributed by atoms with Crippen LogP contribution in [0.3, 0.4) is 0 Å². The van der Waals surface area contributed by atoms with Gasteiger partial charge in [0, 0.05) is 32.0 Å². The van der Waals surface area contributed by atoms with Gasteiger partial charge in [-0.2, -0.15) is 4.31 Å². The number of nitrogens with zero attached hydrogens (tertiary/aromatic N) is 3. The fourth-order valence-electron chi connectivity index (χ4n) is 2.81. The van der Waals surface area contributed by atoms with Gasteiger partial charge >= 0.3 is 0 Å². The van der Waals surface area contributed by atoms with Gasteiger partial charge in [0.05, 0.1) is 10.9 Å². The van der Waals surface area contributed by atoms with Gasteiger partial charge in [-0.15, -0.1) is 0 Å². The van der Waals surface area contributed by atoms with Crippen molar-refractivity contribution in [2.24, 2.45) is 0 Å². The molecule has 1 aromatic carbocycles. The maximum atomic E-state index is 13.5. The van der Waals surface area contributed by atoms with Crippen LogP contribution in [0, 0.1) is 12.7 Å². The molecule has 23 heavy (non-hydrogen) atoms. The molecule has 1 fully saturated rings. The first-order valence-corrected chi connectivity index (χ1v) is 8.79. The number of aryl methyl sites for hydroxylation is 1. The van der Waals surface area contributed by atoms with Crippen molar-refractivity contribution < 1.29 is 12.8 Å². The highest BCUT2D eigenvalue weighted by molar-refractivity contribution is 7.89. The van der Waals surface area contributed by atoms with Crippen LogP contribution in [-0.2, 0) is 10.0 Å². The predicted molar refractivity (Wildman–Crippen MR) is 83.9 cm³/mol. The Hall–Kier alpha value is -1.77. The van der Waals surface area contributed by atoms with Crippen LogP contribution in [0.1, 0.15) is 17.4 Å². The Balaban J connectivity index is 1.93. The first-order chi connectivity index (χ1) is 10.9. The molecule has 2 heterocycles. The summed E-state index contributed by atoms with van der Waals surface area (Å²) >= 11 is 0. The van der Waals surface area contributed by atoms with Crippen LogP contribution in [0.4, 0.5) is 4.39 Å². The van der Waals surface area contributed by atoms with Gasteiger partial charge in [0.25, 0.3) is 0 Å². The van der Waals surface area contributed by atoms with Crippen molar-refractivity contribution in [3.05, 3.63) is 47.8 Å². The van der Waals surface area contributed by atoms with Gasteiger partial charge in [-0.3, -0.25) is 4.90 Å². The van der Waals surface area contributed by atoms with Gasteiger partial charge in [-0.25, -0.2) is 17.8 Å². The van der Waals surface area contributed by atoms with E-state index in [2.05, 4.69) is 14.9 Å². The Bertz CT molecular complexity index is 792. The molecular formula is C15H19FN4O2S. The Kier molecular flexibility index (Phi) is 4.22. The summed E-state index contributed by atoms with van der Waals surface area (Å²) in [5.41, 5.74) is 0.542. The van der Waals surface area contributed by atoms with Crippen LogP contribution >= 0.6 is 0 Å². The highest BCUT2D eigenvalue weighted by atomic mass is 32.2. The van der Waals surface area contributed by atoms with E-state index in [1.807, 2.05) is 7.05 Å². The van der Waals surface area contributed by atoms with E-state index in [0.717, 1.165) is 11.9 Å². The summed E-state index contributed by atoms with van der Waals surface area (Å²) in [4.78, 5) is 9.35. The summed E-state index contributed by atoms with van der Waals surface area (Å²) in [5.74, 6) is 0.175. The van der Waals surface area contributed by atoms with E-state index in [4.69, 9.17) is 0 Å². The number of halogens is 1. The maximum Gasteiger partial charge on any atom is 0.243 e. The normalized spacial score (nSPS) is 20.7. The Labute approximate surface area is 135 Å². The molecule has 8 heteroatoms. The minimum Gasteiger partial charge on any atom is -0.347 e. The van der Waals surface area contributed by atoms with Gasteiger partial charge in [-0.1, -0.05) is 6.07 Å². The molecule has 0 aliphatic carbocycles. The summed E-state index contributed by atoms with van der Waals surface area (Å²) in [6.45, 7) is 2.90. The molecule has 0 bridgehead atoms. The van der Waals surface area contributed by atoms with Crippen molar-refractivity contribution in [2.45, 2.75) is 17.9 Å². The van der Waals surface area contributed by atoms with Crippen LogP contribution in [0.2, 0.25) is 0 Å². The molecule has 0 radical (unpaired) electrons. The Morgan fingerprint density at radius 2 is 2.13 bits per heavy atom. The van der Waals surface area contributed by atoms with Crippen molar-refractivity contribution in [1.82, 2.24) is 19.2 Å². The molecule has 1 atom stereocenters. The number of aromatic amines is 1. The summed E-state index contributed by atoms with van der Waals surface area (Å²) < 4.78 is 40.7. The molecule has 0 amide bonds. The predicted octanol–water partition coefficient (Wildman–Crippen LogP) is 1.53. The molecule has 2 aromatic rings. The minimum atomic E-state index is -3.74. The molecule has 0 spiro atoms. The fraction of sp³-hybridized carbons (Fsp3) is 0.400. The lowest BCUT2D eigenvalue weighted by molar-refractivity contribution is 0.142. The number of nitrogens with one attached hydrogen (secondary N) is 1. The second-order valence-corrected chi connectivity index (χ2v) is 7.65. The van der Waals surface area contributed by atoms with E-state index in [0.29, 0.717) is 18.7 Å². The SMILES string of the molecule is Cc1ccc(F)cc1S(=O)(=O)N1CCN(C)[C@@H](c2ncc[nH]2)C1. The van der Waals surface area contributed by atoms with Gasteiger partial charge in [-0.05, 0) is 31.7 Å². The molecular weight excluding hydrogens is 319 g/mol. The quantitative estimate of drug-likeness (QED) is 0.922. The van der Waals surface area contributed by atoms with E-state index in [1.165, 1.54) is 16.4 Å². The molecule has 1 aliphatic rings. The van der Waals surface area contributed by atoms with Crippen molar-refractivity contribution in [3.63, 3.8) is 0 Å². The van der Waals surface area contributed by atoms with Crippen LogP contribution in [0.15, 0.2) is 35.5 Å². The molecule has 0 unspecified atom stereocenters. The van der Waals surface area contributed by atoms with Gasteiger partial charge < -0.3 is 4.98 Å². The first kappa shape index (κ1) is 16.1. The molecule has 1 aromatic heterocycles. The average molecular weight is 338 g/mol. The first-order valence-electron chi connectivity index (χ1n) is 7.35. The van der Waals surface area contributed by atoms with E-state index in [1.54, 1.807) is 19.3 Å². The van der Waals surface area contributed by atoms with Crippen LogP contribution < -0.4 is 0 Å². The van der Waals surface area contributed by atoms with Crippen molar-refractivity contribution in [3.8, 4) is 0 Å². The summed E-state index contributed by atoms with van der Waals surface area (Å²) in [7, 11) is -1.80. The smallest absolute Gasteiger partial charge is 0.243 e. The number of piperazine rings is 1. The zero-order valence-electron chi connectivity index (χ0n) is 13.0. The van der Waals surface area contributed by atoms with Gasteiger partial charge in [0.15, 0.2) is 0 Å². The Morgan fingerprint density at radius 3 is 2.83 bits per heavy atom. The standard InChI is InChI=1S/C15H19FN4O2S/c1-11-3-4-12(16)9-14(11)23(21,22)20-8-7-19(2)13(10-20)15-17-5-6-18-15/h3-6,9,13H,7-8,10H2,1-2H3,(H,17,18)/t13-/m1/s1. The molecule has 3 rings (SSSR count). The molecule has 0 saturated carbocycles. The second kappa shape index (κ2) is 6.03. The van der Waals surface area contributed by atoms with E-state index in [9.17, 15) is 12.8 Å². The number of likely N-dealkylation sites (N-methyl/N-ethyl adjacent to an activating group) is 1. The third-order valence-corrected chi connectivity index (χ3v) is 6.22. The summed E-state index contributed by atoms with van der Waals surface area (Å²) in [5, 5.41) is 0. The molecule has 1 N–H and O–H groups in total. The van der Waals surface area contributed by atoms with Gasteiger partial charge in [0.2, 0.25) is 10.0 Å². The maximum absolute atomic E-state index is 13.5. The molecule has 124 valence electrons. The van der Waals surface area contributed by atoms with E-state index in [-0.39, 0.29) is 17.5 Å². The van der Waals surface area contributed by atoms with Crippen LogP contribution in [0.25, 0.3) is 0 Å². The number of hydrogen-bond acceptors (Lipinski definition) is 4. The minimum absolute atomic E-state index is 0.0280. The summed E-state index contributed by atoms with van der Waals surface area (Å²) in [6, 6.07) is 3.69. The number of benzene rings is 1. The number of imidazole rings is 1. The monoisotopic (exact) mass is 338 g/mol. The van der Waals surface area contributed by atoms with Gasteiger partial charge in [0.1, 0.15) is 11.6 Å². The zero-order valence-corrected chi connectivity index (χ0v) is 13.8. The zero-order chi connectivity index (χ0) is 16.6. The molecule has 1 aliphatic heterocycles. The van der Waals surface area contributed by atoms with Crippen molar-refractivity contribution >= 4 is 10.0 Å². The molecule has 1 saturated heterocycles. The van der Waals surface area contributed by atoms with E-state index >= 15 is 0 Å². The lowest BCUT2D eigenvalue weighted by Crippen LogP contribution is -2.49. The lowest BCUT2D eigenvalue weighted by Gasteiger charge is -2.37. The highest BCUT2D eigenvalue weighted by Gasteiger charge is 2.35. The second-order valence-electron chi connectivity index (χ2n) is 5.74. The number of hydrogen-bond donors (Lipinski definition) is 1. The lowest BCUT2D eigenvalue weighted by atomic mass is 10.2. The number of sulfonamides is 1. The van der Waals surface area contributed by atoms with Crippen molar-refractivity contribution in [2.75, 3.05) is 26.7 Å². The topological polar surface area (TPSA) is 69.3 Å². The number of H-pyrrole nitrogens is 1. The largest absolute Gasteiger partial charge is 0.347 e. The highest BCUT2D eigenvalue weighted by Crippen LogP contribution is 2.27. The van der Waals surface area contributed by atoms with E-state index < -0.39 is 15.8 Å².